The molecule has 0 N–H and O–H groups in total. The normalized spacial score (nSPS) is 10.8. The molecule has 0 amide bonds. The summed E-state index contributed by atoms with van der Waals surface area (Å²) >= 11 is 4.13. The highest BCUT2D eigenvalue weighted by atomic mass is 32.1. The number of hydrogen-bond donors (Lipinski definition) is 1. The quantitative estimate of drug-likeness (QED) is 0.592. The van der Waals surface area contributed by atoms with Crippen molar-refractivity contribution in [3.63, 3.8) is 0 Å². The second-order valence-corrected chi connectivity index (χ2v) is 3.76. The van der Waals surface area contributed by atoms with Crippen molar-refractivity contribution in [2.75, 3.05) is 5.75 Å². The minimum absolute atomic E-state index is 0.194. The number of rotatable bonds is 5. The topological polar surface area (TPSA) is 17.1 Å². The SMILES string of the molecule is CCC(=O)c1cccc(C=CCCS)c1. The number of ketones is 1. The van der Waals surface area contributed by atoms with E-state index in [-0.39, 0.29) is 5.78 Å². The number of Topliss-reactive ketones (excluding diaryl/α,β-unsaturated/α-hetero) is 1. The van der Waals surface area contributed by atoms with Gasteiger partial charge in [0.1, 0.15) is 0 Å². The van der Waals surface area contributed by atoms with Crippen LogP contribution < -0.4 is 0 Å². The second-order valence-electron chi connectivity index (χ2n) is 3.32. The van der Waals surface area contributed by atoms with E-state index in [1.807, 2.05) is 37.3 Å². The summed E-state index contributed by atoms with van der Waals surface area (Å²) in [5, 5.41) is 0. The molecule has 0 unspecified atom stereocenters. The number of carbonyl (C=O) groups is 1. The van der Waals surface area contributed by atoms with Gasteiger partial charge in [0.05, 0.1) is 0 Å². The molecular weight excluding hydrogens is 204 g/mol. The standard InChI is InChI=1S/C13H16OS/c1-2-13(14)12-8-5-7-11(10-12)6-3-4-9-15/h3,5-8,10,15H,2,4,9H2,1H3. The van der Waals surface area contributed by atoms with Crippen molar-refractivity contribution >= 4 is 24.5 Å². The van der Waals surface area contributed by atoms with Gasteiger partial charge >= 0.3 is 0 Å². The molecule has 1 nitrogen and oxygen atoms in total. The van der Waals surface area contributed by atoms with Crippen LogP contribution in [0.15, 0.2) is 30.3 Å². The van der Waals surface area contributed by atoms with Gasteiger partial charge in [-0.05, 0) is 23.8 Å². The van der Waals surface area contributed by atoms with E-state index in [9.17, 15) is 4.79 Å². The molecular formula is C13H16OS. The fourth-order valence-electron chi connectivity index (χ4n) is 1.31. The highest BCUT2D eigenvalue weighted by Crippen LogP contribution is 2.09. The van der Waals surface area contributed by atoms with Gasteiger partial charge in [0.15, 0.2) is 5.78 Å². The Morgan fingerprint density at radius 1 is 1.47 bits per heavy atom. The van der Waals surface area contributed by atoms with Gasteiger partial charge in [-0.3, -0.25) is 4.79 Å². The monoisotopic (exact) mass is 220 g/mol. The summed E-state index contributed by atoms with van der Waals surface area (Å²) in [5.41, 5.74) is 1.88. The molecule has 0 atom stereocenters. The summed E-state index contributed by atoms with van der Waals surface area (Å²) in [6.45, 7) is 1.88. The molecule has 0 aliphatic heterocycles. The summed E-state index contributed by atoms with van der Waals surface area (Å²) in [6.07, 6.45) is 5.62. The van der Waals surface area contributed by atoms with Crippen LogP contribution in [0.4, 0.5) is 0 Å². The highest BCUT2D eigenvalue weighted by molar-refractivity contribution is 7.80. The van der Waals surface area contributed by atoms with Gasteiger partial charge in [-0.15, -0.1) is 0 Å². The molecule has 0 saturated carbocycles. The largest absolute Gasteiger partial charge is 0.294 e. The first-order valence-corrected chi connectivity index (χ1v) is 5.82. The van der Waals surface area contributed by atoms with Crippen molar-refractivity contribution in [2.24, 2.45) is 0 Å². The lowest BCUT2D eigenvalue weighted by atomic mass is 10.1. The predicted molar refractivity (Wildman–Crippen MR) is 68.6 cm³/mol. The van der Waals surface area contributed by atoms with Crippen LogP contribution in [0, 0.1) is 0 Å². The van der Waals surface area contributed by atoms with Crippen molar-refractivity contribution < 1.29 is 4.79 Å². The molecule has 2 heteroatoms. The summed E-state index contributed by atoms with van der Waals surface area (Å²) in [7, 11) is 0. The third kappa shape index (κ3) is 3.92. The van der Waals surface area contributed by atoms with Crippen molar-refractivity contribution in [1.29, 1.82) is 0 Å². The lowest BCUT2D eigenvalue weighted by Gasteiger charge is -1.99. The van der Waals surface area contributed by atoms with Crippen LogP contribution in [-0.4, -0.2) is 11.5 Å². The molecule has 15 heavy (non-hydrogen) atoms. The number of carbonyl (C=O) groups excluding carboxylic acids is 1. The van der Waals surface area contributed by atoms with Gasteiger partial charge in [-0.25, -0.2) is 0 Å². The van der Waals surface area contributed by atoms with Gasteiger partial charge in [-0.1, -0.05) is 37.3 Å². The molecule has 0 bridgehead atoms. The Morgan fingerprint density at radius 3 is 2.93 bits per heavy atom. The molecule has 0 aliphatic rings. The van der Waals surface area contributed by atoms with E-state index in [1.165, 1.54) is 0 Å². The average Bonchev–Trinajstić information content (AvgIpc) is 2.29. The van der Waals surface area contributed by atoms with Crippen LogP contribution in [0.3, 0.4) is 0 Å². The van der Waals surface area contributed by atoms with Gasteiger partial charge in [-0.2, -0.15) is 12.6 Å². The van der Waals surface area contributed by atoms with Crippen molar-refractivity contribution in [2.45, 2.75) is 19.8 Å². The Morgan fingerprint density at radius 2 is 2.27 bits per heavy atom. The van der Waals surface area contributed by atoms with Crippen LogP contribution in [0.2, 0.25) is 0 Å². The Kier molecular flexibility index (Phi) is 5.19. The number of thiol groups is 1. The molecule has 0 aromatic heterocycles. The fraction of sp³-hybridized carbons (Fsp3) is 0.308. The molecule has 0 aliphatic carbocycles. The molecule has 1 aromatic rings. The van der Waals surface area contributed by atoms with Gasteiger partial charge in [0, 0.05) is 12.0 Å². The summed E-state index contributed by atoms with van der Waals surface area (Å²) in [5.74, 6) is 1.05. The third-order valence-electron chi connectivity index (χ3n) is 2.14. The summed E-state index contributed by atoms with van der Waals surface area (Å²) in [4.78, 5) is 11.5. The van der Waals surface area contributed by atoms with Gasteiger partial charge in [0.2, 0.25) is 0 Å². The van der Waals surface area contributed by atoms with Crippen LogP contribution in [0.5, 0.6) is 0 Å². The van der Waals surface area contributed by atoms with E-state index in [4.69, 9.17) is 0 Å². The molecule has 0 fully saturated rings. The van der Waals surface area contributed by atoms with Crippen molar-refractivity contribution in [1.82, 2.24) is 0 Å². The van der Waals surface area contributed by atoms with E-state index in [1.54, 1.807) is 0 Å². The first kappa shape index (κ1) is 12.1. The minimum atomic E-state index is 0.194. The van der Waals surface area contributed by atoms with Crippen LogP contribution >= 0.6 is 12.6 Å². The maximum Gasteiger partial charge on any atom is 0.162 e. The molecule has 1 rings (SSSR count). The maximum atomic E-state index is 11.5. The first-order chi connectivity index (χ1) is 7.27. The molecule has 0 saturated heterocycles. The second kappa shape index (κ2) is 6.46. The van der Waals surface area contributed by atoms with E-state index >= 15 is 0 Å². The van der Waals surface area contributed by atoms with Crippen LogP contribution in [-0.2, 0) is 0 Å². The van der Waals surface area contributed by atoms with Crippen molar-refractivity contribution in [3.05, 3.63) is 41.5 Å². The number of benzene rings is 1. The highest BCUT2D eigenvalue weighted by Gasteiger charge is 2.01. The molecule has 1 aromatic carbocycles. The Labute approximate surface area is 96.6 Å². The smallest absolute Gasteiger partial charge is 0.162 e. The van der Waals surface area contributed by atoms with Gasteiger partial charge in [0.25, 0.3) is 0 Å². The van der Waals surface area contributed by atoms with E-state index < -0.39 is 0 Å². The zero-order chi connectivity index (χ0) is 11.1. The van der Waals surface area contributed by atoms with Crippen LogP contribution in [0.25, 0.3) is 6.08 Å². The lowest BCUT2D eigenvalue weighted by Crippen LogP contribution is -1.95. The summed E-state index contributed by atoms with van der Waals surface area (Å²) in [6, 6.07) is 7.72. The molecule has 0 radical (unpaired) electrons. The molecule has 0 spiro atoms. The van der Waals surface area contributed by atoms with E-state index in [0.29, 0.717) is 6.42 Å². The van der Waals surface area contributed by atoms with Gasteiger partial charge < -0.3 is 0 Å². The van der Waals surface area contributed by atoms with Crippen LogP contribution in [0.1, 0.15) is 35.7 Å². The van der Waals surface area contributed by atoms with E-state index in [0.717, 1.165) is 23.3 Å². The predicted octanol–water partition coefficient (Wildman–Crippen LogP) is 3.61. The lowest BCUT2D eigenvalue weighted by molar-refractivity contribution is 0.0988. The maximum absolute atomic E-state index is 11.5. The summed E-state index contributed by atoms with van der Waals surface area (Å²) < 4.78 is 0. The Balaban J connectivity index is 2.78. The zero-order valence-electron chi connectivity index (χ0n) is 8.94. The Hall–Kier alpha value is -1.02. The van der Waals surface area contributed by atoms with E-state index in [2.05, 4.69) is 18.7 Å². The molecule has 0 heterocycles. The minimum Gasteiger partial charge on any atom is -0.294 e. The fourth-order valence-corrected chi connectivity index (χ4v) is 1.46. The average molecular weight is 220 g/mol. The zero-order valence-corrected chi connectivity index (χ0v) is 9.84. The third-order valence-corrected chi connectivity index (χ3v) is 2.39. The number of hydrogen-bond acceptors (Lipinski definition) is 2. The number of allylic oxidation sites excluding steroid dienone is 1. The first-order valence-electron chi connectivity index (χ1n) is 5.18. The Bertz CT molecular complexity index is 355. The van der Waals surface area contributed by atoms with Crippen molar-refractivity contribution in [3.8, 4) is 0 Å². The molecule has 80 valence electrons.